The number of rotatable bonds is 1. The van der Waals surface area contributed by atoms with Crippen LogP contribution in [-0.4, -0.2) is 10.1 Å². The summed E-state index contributed by atoms with van der Waals surface area (Å²) in [7, 11) is 0. The summed E-state index contributed by atoms with van der Waals surface area (Å²) in [4.78, 5) is 3.75. The molecule has 72 valence electrons. The van der Waals surface area contributed by atoms with Gasteiger partial charge in [-0.2, -0.15) is 4.98 Å². The van der Waals surface area contributed by atoms with Crippen LogP contribution in [0.4, 0.5) is 8.78 Å². The summed E-state index contributed by atoms with van der Waals surface area (Å²) < 4.78 is 30.6. The molecule has 0 aliphatic heterocycles. The molecule has 0 saturated heterocycles. The zero-order valence-electron chi connectivity index (χ0n) is 6.67. The van der Waals surface area contributed by atoms with E-state index in [-0.39, 0.29) is 16.2 Å². The molecular weight excluding hydrogens is 258 g/mol. The zero-order chi connectivity index (χ0) is 10.1. The van der Waals surface area contributed by atoms with Crippen LogP contribution >= 0.6 is 15.9 Å². The minimum absolute atomic E-state index is 0.00868. The van der Waals surface area contributed by atoms with Gasteiger partial charge in [0.25, 0.3) is 5.89 Å². The van der Waals surface area contributed by atoms with Crippen molar-refractivity contribution in [2.75, 3.05) is 0 Å². The Kier molecular flexibility index (Phi) is 2.28. The molecule has 2 rings (SSSR count). The van der Waals surface area contributed by atoms with E-state index >= 15 is 0 Å². The summed E-state index contributed by atoms with van der Waals surface area (Å²) in [6, 6.07) is 3.12. The second-order valence-corrected chi connectivity index (χ2v) is 3.20. The molecule has 0 saturated carbocycles. The van der Waals surface area contributed by atoms with Crippen LogP contribution in [0, 0.1) is 11.6 Å². The Morgan fingerprint density at radius 1 is 1.29 bits per heavy atom. The third-order valence-electron chi connectivity index (χ3n) is 1.56. The van der Waals surface area contributed by atoms with E-state index in [0.29, 0.717) is 0 Å². The molecule has 0 aliphatic rings. The molecule has 6 heteroatoms. The van der Waals surface area contributed by atoms with Crippen molar-refractivity contribution in [2.24, 2.45) is 0 Å². The van der Waals surface area contributed by atoms with Crippen LogP contribution < -0.4 is 0 Å². The summed E-state index contributed by atoms with van der Waals surface area (Å²) in [6.45, 7) is 0. The van der Waals surface area contributed by atoms with Crippen molar-refractivity contribution < 1.29 is 13.3 Å². The Morgan fingerprint density at radius 2 is 2.07 bits per heavy atom. The molecule has 0 N–H and O–H groups in total. The number of nitrogens with zero attached hydrogens (tertiary/aromatic N) is 2. The highest BCUT2D eigenvalue weighted by atomic mass is 79.9. The maximum absolute atomic E-state index is 13.2. The topological polar surface area (TPSA) is 38.9 Å². The van der Waals surface area contributed by atoms with Crippen LogP contribution in [0.5, 0.6) is 0 Å². The van der Waals surface area contributed by atoms with Crippen LogP contribution in [0.15, 0.2) is 27.5 Å². The molecular formula is C8H3BrF2N2O. The van der Waals surface area contributed by atoms with Crippen molar-refractivity contribution in [3.63, 3.8) is 0 Å². The summed E-state index contributed by atoms with van der Waals surface area (Å²) in [5, 5.41) is 3.43. The molecule has 2 aromatic rings. The van der Waals surface area contributed by atoms with Crippen LogP contribution in [0.25, 0.3) is 11.5 Å². The van der Waals surface area contributed by atoms with Crippen LogP contribution in [0.3, 0.4) is 0 Å². The molecule has 0 bridgehead atoms. The first-order valence-corrected chi connectivity index (χ1v) is 4.41. The predicted molar refractivity (Wildman–Crippen MR) is 47.3 cm³/mol. The summed E-state index contributed by atoms with van der Waals surface area (Å²) in [5.41, 5.74) is 0.0737. The highest BCUT2D eigenvalue weighted by Crippen LogP contribution is 2.22. The van der Waals surface area contributed by atoms with E-state index in [9.17, 15) is 8.78 Å². The summed E-state index contributed by atoms with van der Waals surface area (Å²) in [6.07, 6.45) is 0. The number of hydrogen-bond acceptors (Lipinski definition) is 3. The molecule has 0 spiro atoms. The van der Waals surface area contributed by atoms with E-state index < -0.39 is 11.6 Å². The first-order chi connectivity index (χ1) is 6.66. The largest absolute Gasteiger partial charge is 0.333 e. The molecule has 0 atom stereocenters. The second-order valence-electron chi connectivity index (χ2n) is 2.49. The van der Waals surface area contributed by atoms with E-state index in [2.05, 4.69) is 26.1 Å². The third kappa shape index (κ3) is 1.65. The van der Waals surface area contributed by atoms with Crippen LogP contribution in [0.2, 0.25) is 0 Å². The number of benzene rings is 1. The van der Waals surface area contributed by atoms with Gasteiger partial charge in [0.05, 0.1) is 5.56 Å². The average Bonchev–Trinajstić information content (AvgIpc) is 2.51. The molecule has 1 aromatic carbocycles. The molecule has 0 radical (unpaired) electrons. The van der Waals surface area contributed by atoms with Crippen molar-refractivity contribution >= 4 is 15.9 Å². The first-order valence-electron chi connectivity index (χ1n) is 3.61. The third-order valence-corrected chi connectivity index (χ3v) is 1.88. The molecule has 1 heterocycles. The van der Waals surface area contributed by atoms with Gasteiger partial charge >= 0.3 is 0 Å². The average molecular weight is 261 g/mol. The van der Waals surface area contributed by atoms with Gasteiger partial charge in [0.1, 0.15) is 11.6 Å². The molecule has 0 fully saturated rings. The van der Waals surface area contributed by atoms with Crippen molar-refractivity contribution in [2.45, 2.75) is 0 Å². The van der Waals surface area contributed by atoms with Gasteiger partial charge in [0.15, 0.2) is 0 Å². The van der Waals surface area contributed by atoms with Gasteiger partial charge in [-0.3, -0.25) is 0 Å². The Bertz CT molecular complexity index is 472. The van der Waals surface area contributed by atoms with Crippen molar-refractivity contribution in [1.29, 1.82) is 0 Å². The Balaban J connectivity index is 2.52. The fraction of sp³-hybridized carbons (Fsp3) is 0. The van der Waals surface area contributed by atoms with Gasteiger partial charge < -0.3 is 4.52 Å². The minimum Gasteiger partial charge on any atom is -0.333 e. The highest BCUT2D eigenvalue weighted by Gasteiger charge is 2.12. The lowest BCUT2D eigenvalue weighted by atomic mass is 10.2. The summed E-state index contributed by atoms with van der Waals surface area (Å²) >= 11 is 2.96. The number of aromatic nitrogens is 2. The highest BCUT2D eigenvalue weighted by molar-refractivity contribution is 9.10. The van der Waals surface area contributed by atoms with E-state index in [1.165, 1.54) is 6.07 Å². The van der Waals surface area contributed by atoms with E-state index in [1.54, 1.807) is 0 Å². The van der Waals surface area contributed by atoms with Crippen molar-refractivity contribution in [3.05, 3.63) is 34.6 Å². The summed E-state index contributed by atoms with van der Waals surface area (Å²) in [5.74, 6) is -1.37. The van der Waals surface area contributed by atoms with Gasteiger partial charge in [-0.1, -0.05) is 0 Å². The van der Waals surface area contributed by atoms with Gasteiger partial charge in [0.2, 0.25) is 4.73 Å². The maximum Gasteiger partial charge on any atom is 0.261 e. The lowest BCUT2D eigenvalue weighted by Crippen LogP contribution is -1.85. The molecule has 14 heavy (non-hydrogen) atoms. The number of halogens is 3. The smallest absolute Gasteiger partial charge is 0.261 e. The van der Waals surface area contributed by atoms with Gasteiger partial charge in [-0.05, 0) is 33.2 Å². The van der Waals surface area contributed by atoms with Crippen molar-refractivity contribution in [3.8, 4) is 11.5 Å². The van der Waals surface area contributed by atoms with E-state index in [1.807, 2.05) is 0 Å². The molecule has 0 amide bonds. The molecule has 0 aliphatic carbocycles. The predicted octanol–water partition coefficient (Wildman–Crippen LogP) is 2.78. The second kappa shape index (κ2) is 3.45. The first kappa shape index (κ1) is 9.26. The van der Waals surface area contributed by atoms with E-state index in [0.717, 1.165) is 12.1 Å². The molecule has 3 nitrogen and oxygen atoms in total. The lowest BCUT2D eigenvalue weighted by Gasteiger charge is -1.95. The lowest BCUT2D eigenvalue weighted by molar-refractivity contribution is 0.423. The van der Waals surface area contributed by atoms with Crippen LogP contribution in [0.1, 0.15) is 0 Å². The van der Waals surface area contributed by atoms with Gasteiger partial charge in [-0.15, -0.1) is 0 Å². The fourth-order valence-electron chi connectivity index (χ4n) is 0.978. The fourth-order valence-corrected chi connectivity index (χ4v) is 1.21. The quantitative estimate of drug-likeness (QED) is 0.792. The Hall–Kier alpha value is -1.30. The Labute approximate surface area is 85.9 Å². The molecule has 1 aromatic heterocycles. The van der Waals surface area contributed by atoms with E-state index in [4.69, 9.17) is 4.52 Å². The van der Waals surface area contributed by atoms with Gasteiger partial charge in [0, 0.05) is 6.07 Å². The monoisotopic (exact) mass is 260 g/mol. The number of hydrogen-bond donors (Lipinski definition) is 0. The van der Waals surface area contributed by atoms with Crippen LogP contribution in [-0.2, 0) is 0 Å². The SMILES string of the molecule is Fc1ccc(-c2nc(Br)no2)c(F)c1. The zero-order valence-corrected chi connectivity index (χ0v) is 8.25. The molecule has 0 unspecified atom stereocenters. The minimum atomic E-state index is -0.735. The maximum atomic E-state index is 13.2. The normalized spacial score (nSPS) is 10.5. The van der Waals surface area contributed by atoms with Crippen molar-refractivity contribution in [1.82, 2.24) is 10.1 Å². The standard InChI is InChI=1S/C8H3BrF2N2O/c9-8-12-7(14-13-8)5-2-1-4(10)3-6(5)11/h1-3H. The Morgan fingerprint density at radius 3 is 2.64 bits per heavy atom. The van der Waals surface area contributed by atoms with Gasteiger partial charge in [-0.25, -0.2) is 8.78 Å².